The smallest absolute Gasteiger partial charge is 0.349 e. The number of rotatable bonds is 4. The summed E-state index contributed by atoms with van der Waals surface area (Å²) in [5.74, 6) is -0.257. The highest BCUT2D eigenvalue weighted by molar-refractivity contribution is 7.89. The molecule has 1 saturated heterocycles. The van der Waals surface area contributed by atoms with Gasteiger partial charge in [0, 0.05) is 24.7 Å². The number of halogens is 4. The average Bonchev–Trinajstić information content (AvgIpc) is 2.68. The maximum absolute atomic E-state index is 13.0. The van der Waals surface area contributed by atoms with Crippen molar-refractivity contribution < 1.29 is 26.4 Å². The van der Waals surface area contributed by atoms with Crippen LogP contribution in [0.2, 0.25) is 5.02 Å². The summed E-state index contributed by atoms with van der Waals surface area (Å²) in [6.45, 7) is 0.128. The van der Waals surface area contributed by atoms with Gasteiger partial charge in [0.2, 0.25) is 10.0 Å². The Bertz CT molecular complexity index is 990. The normalized spacial score (nSPS) is 16.6. The van der Waals surface area contributed by atoms with Crippen molar-refractivity contribution in [3.8, 4) is 0 Å². The summed E-state index contributed by atoms with van der Waals surface area (Å²) in [4.78, 5) is 11.7. The van der Waals surface area contributed by atoms with Crippen LogP contribution in [0.3, 0.4) is 0 Å². The molecule has 156 valence electrons. The molecule has 0 unspecified atom stereocenters. The van der Waals surface area contributed by atoms with Gasteiger partial charge in [0.15, 0.2) is 0 Å². The Hall–Kier alpha value is -2.10. The van der Waals surface area contributed by atoms with Crippen LogP contribution in [0.25, 0.3) is 0 Å². The second-order valence-electron chi connectivity index (χ2n) is 6.66. The van der Waals surface area contributed by atoms with Crippen LogP contribution in [0.15, 0.2) is 53.4 Å². The summed E-state index contributed by atoms with van der Waals surface area (Å²) in [6.07, 6.45) is -3.99. The first-order chi connectivity index (χ1) is 13.6. The first kappa shape index (κ1) is 21.6. The molecule has 29 heavy (non-hydrogen) atoms. The third kappa shape index (κ3) is 4.91. The molecule has 0 spiro atoms. The maximum atomic E-state index is 13.0. The minimum atomic E-state index is -4.68. The number of nitrogens with zero attached hydrogens (tertiary/aromatic N) is 1. The van der Waals surface area contributed by atoms with Crippen molar-refractivity contribution >= 4 is 27.5 Å². The summed E-state index contributed by atoms with van der Waals surface area (Å²) < 4.78 is 65.6. The summed E-state index contributed by atoms with van der Waals surface area (Å²) >= 11 is 5.89. The van der Waals surface area contributed by atoms with Gasteiger partial charge in [0.05, 0.1) is 10.6 Å². The number of nitrogens with one attached hydrogen (secondary N) is 1. The fraction of sp³-hybridized carbons (Fsp3) is 0.316. The predicted octanol–water partition coefficient (Wildman–Crippen LogP) is 3.94. The molecule has 0 bridgehead atoms. The fourth-order valence-corrected chi connectivity index (χ4v) is 5.09. The molecule has 2 aromatic rings. The molecule has 0 radical (unpaired) electrons. The molecule has 1 aliphatic rings. The summed E-state index contributed by atoms with van der Waals surface area (Å²) in [5, 5.41) is 2.59. The van der Waals surface area contributed by atoms with E-state index in [9.17, 15) is 26.4 Å². The Labute approximate surface area is 171 Å². The zero-order chi connectivity index (χ0) is 21.2. The average molecular weight is 447 g/mol. The third-order valence-electron chi connectivity index (χ3n) is 4.70. The van der Waals surface area contributed by atoms with E-state index >= 15 is 0 Å². The lowest BCUT2D eigenvalue weighted by atomic mass is 10.1. The standard InChI is InChI=1S/C19H18ClF3N2O3S/c20-16-7-6-14(19(21,22)23)12-17(16)29(27,28)25-10-8-15(9-11-25)24-18(26)13-4-2-1-3-5-13/h1-7,12,15H,8-11H2,(H,24,26). The lowest BCUT2D eigenvalue weighted by molar-refractivity contribution is -0.137. The second-order valence-corrected chi connectivity index (χ2v) is 8.97. The van der Waals surface area contributed by atoms with Crippen LogP contribution in [0.5, 0.6) is 0 Å². The van der Waals surface area contributed by atoms with Crippen LogP contribution in [0.1, 0.15) is 28.8 Å². The van der Waals surface area contributed by atoms with Gasteiger partial charge in [0.25, 0.3) is 5.91 Å². The van der Waals surface area contributed by atoms with E-state index < -0.39 is 26.7 Å². The highest BCUT2D eigenvalue weighted by Crippen LogP contribution is 2.34. The lowest BCUT2D eigenvalue weighted by Gasteiger charge is -2.32. The number of hydrogen-bond acceptors (Lipinski definition) is 3. The maximum Gasteiger partial charge on any atom is 0.416 e. The van der Waals surface area contributed by atoms with E-state index in [-0.39, 0.29) is 30.1 Å². The Morgan fingerprint density at radius 3 is 2.28 bits per heavy atom. The molecule has 1 heterocycles. The number of hydrogen-bond donors (Lipinski definition) is 1. The van der Waals surface area contributed by atoms with E-state index in [4.69, 9.17) is 11.6 Å². The van der Waals surface area contributed by atoms with Crippen LogP contribution in [0.4, 0.5) is 13.2 Å². The van der Waals surface area contributed by atoms with E-state index in [0.29, 0.717) is 24.5 Å². The summed E-state index contributed by atoms with van der Waals surface area (Å²) in [6, 6.07) is 10.6. The molecular weight excluding hydrogens is 429 g/mol. The number of sulfonamides is 1. The van der Waals surface area contributed by atoms with Crippen LogP contribution < -0.4 is 5.32 Å². The second kappa shape index (κ2) is 8.33. The molecule has 0 aromatic heterocycles. The Morgan fingerprint density at radius 2 is 1.69 bits per heavy atom. The zero-order valence-corrected chi connectivity index (χ0v) is 16.7. The van der Waals surface area contributed by atoms with Crippen molar-refractivity contribution in [3.05, 3.63) is 64.7 Å². The number of alkyl halides is 3. The van der Waals surface area contributed by atoms with Crippen LogP contribution in [0, 0.1) is 0 Å². The minimum Gasteiger partial charge on any atom is -0.349 e. The van der Waals surface area contributed by atoms with Crippen LogP contribution in [-0.2, 0) is 16.2 Å². The molecule has 0 aliphatic carbocycles. The van der Waals surface area contributed by atoms with Gasteiger partial charge in [-0.3, -0.25) is 4.79 Å². The summed E-state index contributed by atoms with van der Waals surface area (Å²) in [7, 11) is -4.19. The molecule has 0 saturated carbocycles. The number of amides is 1. The van der Waals surface area contributed by atoms with Crippen LogP contribution in [-0.4, -0.2) is 37.8 Å². The van der Waals surface area contributed by atoms with Crippen molar-refractivity contribution in [2.24, 2.45) is 0 Å². The Kier molecular flexibility index (Phi) is 6.21. The number of benzene rings is 2. The molecule has 3 rings (SSSR count). The van der Waals surface area contributed by atoms with E-state index in [1.165, 1.54) is 0 Å². The molecule has 1 fully saturated rings. The van der Waals surface area contributed by atoms with Crippen molar-refractivity contribution in [3.63, 3.8) is 0 Å². The van der Waals surface area contributed by atoms with Gasteiger partial charge in [-0.1, -0.05) is 29.8 Å². The minimum absolute atomic E-state index is 0.0641. The van der Waals surface area contributed by atoms with Gasteiger partial charge >= 0.3 is 6.18 Å². The third-order valence-corrected chi connectivity index (χ3v) is 7.08. The van der Waals surface area contributed by atoms with Gasteiger partial charge in [-0.2, -0.15) is 17.5 Å². The monoisotopic (exact) mass is 446 g/mol. The number of piperidine rings is 1. The summed E-state index contributed by atoms with van der Waals surface area (Å²) in [5.41, 5.74) is -0.580. The van der Waals surface area contributed by atoms with Gasteiger partial charge in [-0.15, -0.1) is 0 Å². The molecule has 1 amide bonds. The first-order valence-electron chi connectivity index (χ1n) is 8.82. The Balaban J connectivity index is 1.69. The highest BCUT2D eigenvalue weighted by Gasteiger charge is 2.35. The molecule has 1 N–H and O–H groups in total. The molecule has 1 aliphatic heterocycles. The fourth-order valence-electron chi connectivity index (χ4n) is 3.12. The van der Waals surface area contributed by atoms with Gasteiger partial charge < -0.3 is 5.32 Å². The van der Waals surface area contributed by atoms with E-state index in [1.54, 1.807) is 30.3 Å². The highest BCUT2D eigenvalue weighted by atomic mass is 35.5. The van der Waals surface area contributed by atoms with Crippen LogP contribution >= 0.6 is 11.6 Å². The predicted molar refractivity (Wildman–Crippen MR) is 102 cm³/mol. The van der Waals surface area contributed by atoms with Gasteiger partial charge in [-0.05, 0) is 43.2 Å². The van der Waals surface area contributed by atoms with Crippen molar-refractivity contribution in [1.29, 1.82) is 0 Å². The van der Waals surface area contributed by atoms with Crippen molar-refractivity contribution in [2.45, 2.75) is 30.0 Å². The van der Waals surface area contributed by atoms with E-state index in [0.717, 1.165) is 16.4 Å². The molecule has 5 nitrogen and oxygen atoms in total. The van der Waals surface area contributed by atoms with Crippen molar-refractivity contribution in [2.75, 3.05) is 13.1 Å². The zero-order valence-electron chi connectivity index (χ0n) is 15.1. The number of carbonyl (C=O) groups is 1. The SMILES string of the molecule is O=C(NC1CCN(S(=O)(=O)c2cc(C(F)(F)F)ccc2Cl)CC1)c1ccccc1. The van der Waals surface area contributed by atoms with Gasteiger partial charge in [0.1, 0.15) is 4.90 Å². The van der Waals surface area contributed by atoms with E-state index in [1.807, 2.05) is 0 Å². The van der Waals surface area contributed by atoms with E-state index in [2.05, 4.69) is 5.32 Å². The largest absolute Gasteiger partial charge is 0.416 e. The first-order valence-corrected chi connectivity index (χ1v) is 10.6. The van der Waals surface area contributed by atoms with Crippen molar-refractivity contribution in [1.82, 2.24) is 9.62 Å². The molecule has 10 heteroatoms. The quantitative estimate of drug-likeness (QED) is 0.773. The topological polar surface area (TPSA) is 66.5 Å². The number of carbonyl (C=O) groups excluding carboxylic acids is 1. The Morgan fingerprint density at radius 1 is 1.07 bits per heavy atom. The molecule has 0 atom stereocenters. The molecular formula is C19H18ClF3N2O3S. The van der Waals surface area contributed by atoms with Gasteiger partial charge in [-0.25, -0.2) is 8.42 Å². The molecule has 2 aromatic carbocycles. The lowest BCUT2D eigenvalue weighted by Crippen LogP contribution is -2.46.